The van der Waals surface area contributed by atoms with Gasteiger partial charge in [0.15, 0.2) is 0 Å². The Morgan fingerprint density at radius 2 is 1.70 bits per heavy atom. The summed E-state index contributed by atoms with van der Waals surface area (Å²) >= 11 is 3.43. The van der Waals surface area contributed by atoms with Gasteiger partial charge in [-0.3, -0.25) is 9.55 Å². The van der Waals surface area contributed by atoms with Crippen molar-refractivity contribution in [3.63, 3.8) is 0 Å². The summed E-state index contributed by atoms with van der Waals surface area (Å²) < 4.78 is 3.14. The zero-order valence-corrected chi connectivity index (χ0v) is 12.1. The van der Waals surface area contributed by atoms with Crippen molar-refractivity contribution >= 4 is 37.7 Å². The lowest BCUT2D eigenvalue weighted by molar-refractivity contribution is 1.07. The second-order valence-corrected chi connectivity index (χ2v) is 5.50. The molecule has 0 aliphatic heterocycles. The summed E-state index contributed by atoms with van der Waals surface area (Å²) in [5, 5.41) is 2.34. The molecular weight excluding hydrogens is 314 g/mol. The van der Waals surface area contributed by atoms with Gasteiger partial charge in [-0.1, -0.05) is 18.2 Å². The maximum atomic E-state index is 4.52. The smallest absolute Gasteiger partial charge is 0.137 e. The van der Waals surface area contributed by atoms with E-state index < -0.39 is 0 Å². The monoisotopic (exact) mass is 323 g/mol. The normalized spacial score (nSPS) is 11.2. The van der Waals surface area contributed by atoms with E-state index in [0.717, 1.165) is 26.7 Å². The number of benzene rings is 1. The van der Waals surface area contributed by atoms with Crippen molar-refractivity contribution in [2.45, 2.75) is 0 Å². The Morgan fingerprint density at radius 1 is 0.850 bits per heavy atom. The molecule has 0 aliphatic rings. The van der Waals surface area contributed by atoms with Crippen molar-refractivity contribution in [3.8, 4) is 5.82 Å². The molecule has 0 radical (unpaired) electrons. The number of para-hydroxylation sites is 1. The average molecular weight is 324 g/mol. The zero-order valence-electron chi connectivity index (χ0n) is 10.5. The molecule has 3 heterocycles. The Hall–Kier alpha value is -2.20. The van der Waals surface area contributed by atoms with Crippen LogP contribution in [0.25, 0.3) is 27.6 Å². The van der Waals surface area contributed by atoms with Gasteiger partial charge in [0.1, 0.15) is 5.82 Å². The Balaban J connectivity index is 2.17. The number of pyridine rings is 2. The van der Waals surface area contributed by atoms with E-state index in [1.54, 1.807) is 0 Å². The summed E-state index contributed by atoms with van der Waals surface area (Å²) in [7, 11) is 0. The number of halogens is 1. The largest absolute Gasteiger partial charge is 0.294 e. The predicted molar refractivity (Wildman–Crippen MR) is 84.1 cm³/mol. The van der Waals surface area contributed by atoms with Crippen LogP contribution >= 0.6 is 15.9 Å². The SMILES string of the molecule is Brc1ccc(-n2c3ccccc3c3cnccc32)nc1. The molecule has 0 saturated heterocycles. The Labute approximate surface area is 124 Å². The number of rotatable bonds is 1. The van der Waals surface area contributed by atoms with E-state index >= 15 is 0 Å². The van der Waals surface area contributed by atoms with Crippen LogP contribution in [-0.2, 0) is 0 Å². The molecule has 1 aromatic carbocycles. The maximum Gasteiger partial charge on any atom is 0.137 e. The Morgan fingerprint density at radius 3 is 2.55 bits per heavy atom. The first-order valence-electron chi connectivity index (χ1n) is 6.30. The van der Waals surface area contributed by atoms with E-state index in [0.29, 0.717) is 0 Å². The molecule has 4 aromatic rings. The predicted octanol–water partition coefficient (Wildman–Crippen LogP) is 4.34. The van der Waals surface area contributed by atoms with Gasteiger partial charge in [-0.2, -0.15) is 0 Å². The van der Waals surface area contributed by atoms with E-state index in [-0.39, 0.29) is 0 Å². The van der Waals surface area contributed by atoms with Crippen LogP contribution < -0.4 is 0 Å². The third-order valence-corrected chi connectivity index (χ3v) is 3.88. The van der Waals surface area contributed by atoms with Crippen molar-refractivity contribution in [3.05, 3.63) is 65.5 Å². The van der Waals surface area contributed by atoms with Gasteiger partial charge in [0.2, 0.25) is 0 Å². The minimum absolute atomic E-state index is 0.908. The molecule has 20 heavy (non-hydrogen) atoms. The summed E-state index contributed by atoms with van der Waals surface area (Å²) in [6.07, 6.45) is 5.54. The van der Waals surface area contributed by atoms with Crippen molar-refractivity contribution < 1.29 is 0 Å². The Kier molecular flexibility index (Phi) is 2.57. The molecule has 0 amide bonds. The summed E-state index contributed by atoms with van der Waals surface area (Å²) in [6.45, 7) is 0. The zero-order chi connectivity index (χ0) is 13.5. The number of aromatic nitrogens is 3. The lowest BCUT2D eigenvalue weighted by Crippen LogP contribution is -1.96. The van der Waals surface area contributed by atoms with Crippen molar-refractivity contribution in [1.29, 1.82) is 0 Å². The van der Waals surface area contributed by atoms with E-state index in [1.165, 1.54) is 5.39 Å². The van der Waals surface area contributed by atoms with E-state index in [2.05, 4.69) is 42.6 Å². The molecule has 0 fully saturated rings. The fourth-order valence-corrected chi connectivity index (χ4v) is 2.80. The summed E-state index contributed by atoms with van der Waals surface area (Å²) in [5.41, 5.74) is 2.27. The molecule has 0 unspecified atom stereocenters. The number of nitrogens with zero attached hydrogens (tertiary/aromatic N) is 3. The highest BCUT2D eigenvalue weighted by atomic mass is 79.9. The molecule has 0 saturated carbocycles. The van der Waals surface area contributed by atoms with Crippen LogP contribution in [0.2, 0.25) is 0 Å². The molecule has 4 heteroatoms. The third kappa shape index (κ3) is 1.65. The highest BCUT2D eigenvalue weighted by molar-refractivity contribution is 9.10. The molecule has 96 valence electrons. The van der Waals surface area contributed by atoms with Gasteiger partial charge >= 0.3 is 0 Å². The van der Waals surface area contributed by atoms with Crippen LogP contribution in [-0.4, -0.2) is 14.5 Å². The summed E-state index contributed by atoms with van der Waals surface area (Å²) in [6, 6.07) is 14.4. The molecule has 0 atom stereocenters. The molecule has 4 rings (SSSR count). The molecule has 0 spiro atoms. The highest BCUT2D eigenvalue weighted by Gasteiger charge is 2.11. The van der Waals surface area contributed by atoms with Gasteiger partial charge < -0.3 is 0 Å². The minimum atomic E-state index is 0.908. The average Bonchev–Trinajstić information content (AvgIpc) is 2.83. The van der Waals surface area contributed by atoms with Gasteiger partial charge in [0.25, 0.3) is 0 Å². The van der Waals surface area contributed by atoms with Gasteiger partial charge in [0.05, 0.1) is 11.0 Å². The van der Waals surface area contributed by atoms with Crippen LogP contribution in [0.1, 0.15) is 0 Å². The highest BCUT2D eigenvalue weighted by Crippen LogP contribution is 2.30. The maximum absolute atomic E-state index is 4.52. The molecule has 0 bridgehead atoms. The molecule has 3 nitrogen and oxygen atoms in total. The molecule has 3 aromatic heterocycles. The van der Waals surface area contributed by atoms with Gasteiger partial charge in [-0.25, -0.2) is 4.98 Å². The summed E-state index contributed by atoms with van der Waals surface area (Å²) in [4.78, 5) is 8.76. The second kappa shape index (κ2) is 4.42. The fraction of sp³-hybridized carbons (Fsp3) is 0. The first-order chi connectivity index (χ1) is 9.84. The van der Waals surface area contributed by atoms with Crippen molar-refractivity contribution in [2.24, 2.45) is 0 Å². The first-order valence-corrected chi connectivity index (χ1v) is 7.09. The van der Waals surface area contributed by atoms with Crippen LogP contribution in [0.5, 0.6) is 0 Å². The molecule has 0 aliphatic carbocycles. The third-order valence-electron chi connectivity index (χ3n) is 3.41. The van der Waals surface area contributed by atoms with Gasteiger partial charge in [0, 0.05) is 33.8 Å². The van der Waals surface area contributed by atoms with Gasteiger partial charge in [-0.15, -0.1) is 0 Å². The van der Waals surface area contributed by atoms with Crippen LogP contribution in [0.3, 0.4) is 0 Å². The van der Waals surface area contributed by atoms with Gasteiger partial charge in [-0.05, 0) is 40.2 Å². The molecule has 0 N–H and O–H groups in total. The van der Waals surface area contributed by atoms with Crippen LogP contribution in [0.4, 0.5) is 0 Å². The standard InChI is InChI=1S/C16H10BrN3/c17-11-5-6-16(19-9-11)20-14-4-2-1-3-12(14)13-10-18-8-7-15(13)20/h1-10H. The topological polar surface area (TPSA) is 30.7 Å². The first kappa shape index (κ1) is 11.6. The van der Waals surface area contributed by atoms with Crippen molar-refractivity contribution in [1.82, 2.24) is 14.5 Å². The summed E-state index contributed by atoms with van der Waals surface area (Å²) in [5.74, 6) is 0.908. The number of hydrogen-bond acceptors (Lipinski definition) is 2. The van der Waals surface area contributed by atoms with Crippen LogP contribution in [0.15, 0.2) is 65.5 Å². The van der Waals surface area contributed by atoms with E-state index in [1.807, 2.05) is 48.9 Å². The lowest BCUT2D eigenvalue weighted by atomic mass is 10.2. The minimum Gasteiger partial charge on any atom is -0.294 e. The quantitative estimate of drug-likeness (QED) is 0.521. The van der Waals surface area contributed by atoms with Crippen molar-refractivity contribution in [2.75, 3.05) is 0 Å². The number of fused-ring (bicyclic) bond motifs is 3. The second-order valence-electron chi connectivity index (χ2n) is 4.58. The van der Waals surface area contributed by atoms with E-state index in [9.17, 15) is 0 Å². The molecular formula is C16H10BrN3. The van der Waals surface area contributed by atoms with E-state index in [4.69, 9.17) is 0 Å². The fourth-order valence-electron chi connectivity index (χ4n) is 2.56. The lowest BCUT2D eigenvalue weighted by Gasteiger charge is -2.06. The number of hydrogen-bond donors (Lipinski definition) is 0. The Bertz CT molecular complexity index is 857. The van der Waals surface area contributed by atoms with Crippen LogP contribution in [0, 0.1) is 0 Å².